The Balaban J connectivity index is 2.22. The molecule has 6 nitrogen and oxygen atoms in total. The fourth-order valence-corrected chi connectivity index (χ4v) is 2.21. The first-order chi connectivity index (χ1) is 8.76. The fourth-order valence-electron chi connectivity index (χ4n) is 2.21. The van der Waals surface area contributed by atoms with Crippen molar-refractivity contribution in [3.8, 4) is 0 Å². The van der Waals surface area contributed by atoms with Crippen LogP contribution in [-0.4, -0.2) is 48.7 Å². The number of methoxy groups -OCH3 is 1. The van der Waals surface area contributed by atoms with Crippen molar-refractivity contribution in [2.75, 3.05) is 31.6 Å². The van der Waals surface area contributed by atoms with Gasteiger partial charge in [-0.25, -0.2) is 14.8 Å². The molecule has 1 unspecified atom stereocenters. The molecule has 1 fully saturated rings. The van der Waals surface area contributed by atoms with Gasteiger partial charge < -0.3 is 15.0 Å². The van der Waals surface area contributed by atoms with Crippen molar-refractivity contribution in [1.82, 2.24) is 15.3 Å². The van der Waals surface area contributed by atoms with Crippen LogP contribution in [0.25, 0.3) is 0 Å². The average molecular weight is 250 g/mol. The third-order valence-electron chi connectivity index (χ3n) is 3.12. The van der Waals surface area contributed by atoms with Gasteiger partial charge in [0, 0.05) is 25.3 Å². The molecular weight excluding hydrogens is 232 g/mol. The molecule has 1 N–H and O–H groups in total. The van der Waals surface area contributed by atoms with Gasteiger partial charge in [0.2, 0.25) is 5.82 Å². The van der Waals surface area contributed by atoms with Crippen LogP contribution in [-0.2, 0) is 4.74 Å². The minimum atomic E-state index is -0.502. The van der Waals surface area contributed by atoms with Gasteiger partial charge in [0.05, 0.1) is 7.11 Å². The number of aromatic nitrogens is 2. The SMILES string of the molecule is CCN(c1ccnc(C(=O)OC)n1)C1CCNC1. The first kappa shape index (κ1) is 12.8. The molecule has 1 aromatic heterocycles. The fraction of sp³-hybridized carbons (Fsp3) is 0.583. The predicted molar refractivity (Wildman–Crippen MR) is 67.7 cm³/mol. The lowest BCUT2D eigenvalue weighted by molar-refractivity contribution is 0.0586. The number of likely N-dealkylation sites (N-methyl/N-ethyl adjacent to an activating group) is 1. The third kappa shape index (κ3) is 2.59. The van der Waals surface area contributed by atoms with Gasteiger partial charge in [0.1, 0.15) is 5.82 Å². The minimum absolute atomic E-state index is 0.111. The Morgan fingerprint density at radius 2 is 2.50 bits per heavy atom. The van der Waals surface area contributed by atoms with Crippen molar-refractivity contribution in [2.45, 2.75) is 19.4 Å². The van der Waals surface area contributed by atoms with Crippen molar-refractivity contribution in [1.29, 1.82) is 0 Å². The standard InChI is InChI=1S/C12H18N4O2/c1-3-16(9-4-6-13-8-9)10-5-7-14-11(15-10)12(17)18-2/h5,7,9,13H,3-4,6,8H2,1-2H3. The van der Waals surface area contributed by atoms with Gasteiger partial charge in [-0.3, -0.25) is 0 Å². The van der Waals surface area contributed by atoms with E-state index in [1.165, 1.54) is 7.11 Å². The molecule has 0 aromatic carbocycles. The van der Waals surface area contributed by atoms with Crippen molar-refractivity contribution >= 4 is 11.8 Å². The normalized spacial score (nSPS) is 18.7. The number of anilines is 1. The van der Waals surface area contributed by atoms with Crippen LogP contribution in [0.15, 0.2) is 12.3 Å². The van der Waals surface area contributed by atoms with E-state index in [9.17, 15) is 4.79 Å². The van der Waals surface area contributed by atoms with Gasteiger partial charge in [-0.05, 0) is 26.0 Å². The smallest absolute Gasteiger partial charge is 0.376 e. The van der Waals surface area contributed by atoms with E-state index in [0.717, 1.165) is 31.9 Å². The Morgan fingerprint density at radius 1 is 1.67 bits per heavy atom. The average Bonchev–Trinajstić information content (AvgIpc) is 2.93. The first-order valence-electron chi connectivity index (χ1n) is 6.15. The number of hydrogen-bond donors (Lipinski definition) is 1. The molecule has 1 aliphatic heterocycles. The van der Waals surface area contributed by atoms with Crippen LogP contribution >= 0.6 is 0 Å². The van der Waals surface area contributed by atoms with E-state index < -0.39 is 5.97 Å². The summed E-state index contributed by atoms with van der Waals surface area (Å²) in [4.78, 5) is 21.8. The van der Waals surface area contributed by atoms with Crippen molar-refractivity contribution in [3.63, 3.8) is 0 Å². The summed E-state index contributed by atoms with van der Waals surface area (Å²) in [6.07, 6.45) is 2.69. The molecule has 18 heavy (non-hydrogen) atoms. The maximum atomic E-state index is 11.4. The molecule has 1 atom stereocenters. The number of carbonyl (C=O) groups excluding carboxylic acids is 1. The molecular formula is C12H18N4O2. The predicted octanol–water partition coefficient (Wildman–Crippen LogP) is 0.451. The Kier molecular flexibility index (Phi) is 4.09. The van der Waals surface area contributed by atoms with Gasteiger partial charge in [-0.1, -0.05) is 0 Å². The van der Waals surface area contributed by atoms with E-state index in [-0.39, 0.29) is 5.82 Å². The highest BCUT2D eigenvalue weighted by Gasteiger charge is 2.23. The van der Waals surface area contributed by atoms with Crippen LogP contribution < -0.4 is 10.2 Å². The van der Waals surface area contributed by atoms with E-state index in [2.05, 4.69) is 31.8 Å². The molecule has 1 saturated heterocycles. The highest BCUT2D eigenvalue weighted by Crippen LogP contribution is 2.17. The van der Waals surface area contributed by atoms with E-state index in [1.807, 2.05) is 6.07 Å². The van der Waals surface area contributed by atoms with Crippen LogP contribution in [0.1, 0.15) is 24.0 Å². The molecule has 2 heterocycles. The Morgan fingerprint density at radius 3 is 3.11 bits per heavy atom. The zero-order valence-corrected chi connectivity index (χ0v) is 10.7. The van der Waals surface area contributed by atoms with Gasteiger partial charge in [0.25, 0.3) is 0 Å². The summed E-state index contributed by atoms with van der Waals surface area (Å²) in [5.41, 5.74) is 0. The summed E-state index contributed by atoms with van der Waals surface area (Å²) in [6.45, 7) is 4.91. The van der Waals surface area contributed by atoms with Crippen LogP contribution in [0.5, 0.6) is 0 Å². The maximum Gasteiger partial charge on any atom is 0.376 e. The number of esters is 1. The zero-order chi connectivity index (χ0) is 13.0. The number of hydrogen-bond acceptors (Lipinski definition) is 6. The van der Waals surface area contributed by atoms with Crippen LogP contribution in [0.3, 0.4) is 0 Å². The first-order valence-corrected chi connectivity index (χ1v) is 6.15. The highest BCUT2D eigenvalue weighted by atomic mass is 16.5. The Bertz CT molecular complexity index is 418. The number of carbonyl (C=O) groups is 1. The molecule has 0 radical (unpaired) electrons. The largest absolute Gasteiger partial charge is 0.463 e. The van der Waals surface area contributed by atoms with Crippen LogP contribution in [0.4, 0.5) is 5.82 Å². The quantitative estimate of drug-likeness (QED) is 0.783. The van der Waals surface area contributed by atoms with E-state index >= 15 is 0 Å². The Labute approximate surface area is 106 Å². The summed E-state index contributed by atoms with van der Waals surface area (Å²) < 4.78 is 4.64. The van der Waals surface area contributed by atoms with Crippen molar-refractivity contribution in [2.24, 2.45) is 0 Å². The highest BCUT2D eigenvalue weighted by molar-refractivity contribution is 5.85. The molecule has 0 aliphatic carbocycles. The lowest BCUT2D eigenvalue weighted by Crippen LogP contribution is -2.37. The second kappa shape index (κ2) is 5.77. The number of nitrogens with zero attached hydrogens (tertiary/aromatic N) is 3. The number of rotatable bonds is 4. The van der Waals surface area contributed by atoms with Crippen LogP contribution in [0.2, 0.25) is 0 Å². The molecule has 0 saturated carbocycles. The van der Waals surface area contributed by atoms with E-state index in [4.69, 9.17) is 0 Å². The van der Waals surface area contributed by atoms with Crippen molar-refractivity contribution in [3.05, 3.63) is 18.1 Å². The van der Waals surface area contributed by atoms with Crippen LogP contribution in [0, 0.1) is 0 Å². The van der Waals surface area contributed by atoms with Gasteiger partial charge in [-0.15, -0.1) is 0 Å². The van der Waals surface area contributed by atoms with Gasteiger partial charge in [0.15, 0.2) is 0 Å². The Hall–Kier alpha value is -1.69. The molecule has 0 bridgehead atoms. The molecule has 0 amide bonds. The second-order valence-corrected chi connectivity index (χ2v) is 4.16. The summed E-state index contributed by atoms with van der Waals surface area (Å²) in [6, 6.07) is 2.25. The van der Waals surface area contributed by atoms with Gasteiger partial charge in [-0.2, -0.15) is 0 Å². The molecule has 1 aromatic rings. The molecule has 0 spiro atoms. The van der Waals surface area contributed by atoms with Crippen molar-refractivity contribution < 1.29 is 9.53 Å². The molecule has 1 aliphatic rings. The molecule has 98 valence electrons. The monoisotopic (exact) mass is 250 g/mol. The maximum absolute atomic E-state index is 11.4. The second-order valence-electron chi connectivity index (χ2n) is 4.16. The van der Waals surface area contributed by atoms with E-state index in [0.29, 0.717) is 6.04 Å². The molecule has 2 rings (SSSR count). The number of nitrogens with one attached hydrogen (secondary N) is 1. The zero-order valence-electron chi connectivity index (χ0n) is 10.7. The third-order valence-corrected chi connectivity index (χ3v) is 3.12. The number of ether oxygens (including phenoxy) is 1. The molecule has 6 heteroatoms. The topological polar surface area (TPSA) is 67.4 Å². The summed E-state index contributed by atoms with van der Waals surface area (Å²) in [5.74, 6) is 0.387. The summed E-state index contributed by atoms with van der Waals surface area (Å²) >= 11 is 0. The lowest BCUT2D eigenvalue weighted by Gasteiger charge is -2.28. The minimum Gasteiger partial charge on any atom is -0.463 e. The van der Waals surface area contributed by atoms with E-state index in [1.54, 1.807) is 6.20 Å². The lowest BCUT2D eigenvalue weighted by atomic mass is 10.2. The summed E-state index contributed by atoms with van der Waals surface area (Å²) in [5, 5.41) is 3.33. The van der Waals surface area contributed by atoms with Gasteiger partial charge >= 0.3 is 5.97 Å². The summed E-state index contributed by atoms with van der Waals surface area (Å²) in [7, 11) is 1.33.